The summed E-state index contributed by atoms with van der Waals surface area (Å²) in [6.45, 7) is 0.785. The smallest absolute Gasteiger partial charge is 0.272 e. The summed E-state index contributed by atoms with van der Waals surface area (Å²) in [4.78, 5) is 12.4. The van der Waals surface area contributed by atoms with Crippen LogP contribution in [0.5, 0.6) is 0 Å². The lowest BCUT2D eigenvalue weighted by atomic mass is 9.86. The van der Waals surface area contributed by atoms with Crippen molar-refractivity contribution in [1.82, 2.24) is 20.4 Å². The molecule has 0 spiro atoms. The molecule has 4 rings (SSSR count). The van der Waals surface area contributed by atoms with E-state index in [4.69, 9.17) is 11.6 Å². The van der Waals surface area contributed by atoms with Crippen molar-refractivity contribution in [2.24, 2.45) is 0 Å². The van der Waals surface area contributed by atoms with Gasteiger partial charge in [-0.1, -0.05) is 41.9 Å². The van der Waals surface area contributed by atoms with E-state index in [0.29, 0.717) is 11.7 Å². The summed E-state index contributed by atoms with van der Waals surface area (Å²) in [6.07, 6.45) is 3.65. The van der Waals surface area contributed by atoms with E-state index in [9.17, 15) is 4.79 Å². The minimum atomic E-state index is -0.122. The number of para-hydroxylation sites is 1. The van der Waals surface area contributed by atoms with Crippen LogP contribution in [-0.4, -0.2) is 27.8 Å². The predicted octanol–water partition coefficient (Wildman–Crippen LogP) is 3.58. The molecule has 0 aliphatic heterocycles. The van der Waals surface area contributed by atoms with Crippen LogP contribution in [0, 0.1) is 0 Å². The van der Waals surface area contributed by atoms with Crippen molar-refractivity contribution in [1.29, 1.82) is 0 Å². The SMILES string of the molecule is O=C(NC1CC(NCc2cccc(Cl)c2)C1)c1ccn(-c2ccccc2)n1. The molecule has 27 heavy (non-hydrogen) atoms. The van der Waals surface area contributed by atoms with Gasteiger partial charge in [-0.15, -0.1) is 0 Å². The normalized spacial score (nSPS) is 18.7. The number of rotatable bonds is 6. The Bertz CT molecular complexity index is 919. The molecule has 0 atom stereocenters. The van der Waals surface area contributed by atoms with Gasteiger partial charge in [0.2, 0.25) is 0 Å². The van der Waals surface area contributed by atoms with Gasteiger partial charge in [-0.05, 0) is 48.7 Å². The fourth-order valence-electron chi connectivity index (χ4n) is 3.24. The Kier molecular flexibility index (Phi) is 5.23. The molecule has 1 heterocycles. The average Bonchev–Trinajstić information content (AvgIpc) is 3.14. The van der Waals surface area contributed by atoms with E-state index in [2.05, 4.69) is 21.8 Å². The van der Waals surface area contributed by atoms with Crippen molar-refractivity contribution in [3.63, 3.8) is 0 Å². The van der Waals surface area contributed by atoms with Crippen molar-refractivity contribution < 1.29 is 4.79 Å². The molecule has 0 radical (unpaired) electrons. The number of aromatic nitrogens is 2. The number of hydrogen-bond acceptors (Lipinski definition) is 3. The fourth-order valence-corrected chi connectivity index (χ4v) is 3.45. The highest BCUT2D eigenvalue weighted by Gasteiger charge is 2.30. The number of benzene rings is 2. The van der Waals surface area contributed by atoms with Crippen LogP contribution >= 0.6 is 11.6 Å². The molecule has 6 heteroatoms. The van der Waals surface area contributed by atoms with Crippen molar-refractivity contribution in [3.8, 4) is 5.69 Å². The summed E-state index contributed by atoms with van der Waals surface area (Å²) >= 11 is 6.00. The second kappa shape index (κ2) is 7.94. The molecule has 1 fully saturated rings. The lowest BCUT2D eigenvalue weighted by Gasteiger charge is -2.36. The Hall–Kier alpha value is -2.63. The summed E-state index contributed by atoms with van der Waals surface area (Å²) in [5.74, 6) is -0.122. The van der Waals surface area contributed by atoms with E-state index in [0.717, 1.165) is 30.1 Å². The first-order valence-electron chi connectivity index (χ1n) is 9.07. The van der Waals surface area contributed by atoms with Crippen LogP contribution < -0.4 is 10.6 Å². The maximum Gasteiger partial charge on any atom is 0.272 e. The molecule has 138 valence electrons. The third kappa shape index (κ3) is 4.38. The molecule has 2 N–H and O–H groups in total. The van der Waals surface area contributed by atoms with Crippen LogP contribution in [0.15, 0.2) is 66.9 Å². The van der Waals surface area contributed by atoms with Crippen LogP contribution in [0.4, 0.5) is 0 Å². The zero-order valence-electron chi connectivity index (χ0n) is 14.8. The third-order valence-electron chi connectivity index (χ3n) is 4.80. The van der Waals surface area contributed by atoms with Gasteiger partial charge >= 0.3 is 0 Å². The van der Waals surface area contributed by atoms with Crippen molar-refractivity contribution in [2.75, 3.05) is 0 Å². The minimum absolute atomic E-state index is 0.122. The Morgan fingerprint density at radius 2 is 1.89 bits per heavy atom. The summed E-state index contributed by atoms with van der Waals surface area (Å²) < 4.78 is 1.71. The third-order valence-corrected chi connectivity index (χ3v) is 5.03. The number of nitrogens with one attached hydrogen (secondary N) is 2. The van der Waals surface area contributed by atoms with E-state index < -0.39 is 0 Å². The van der Waals surface area contributed by atoms with Gasteiger partial charge in [0, 0.05) is 29.8 Å². The van der Waals surface area contributed by atoms with Crippen LogP contribution in [0.3, 0.4) is 0 Å². The van der Waals surface area contributed by atoms with E-state index in [1.54, 1.807) is 16.9 Å². The molecule has 0 unspecified atom stereocenters. The predicted molar refractivity (Wildman–Crippen MR) is 106 cm³/mol. The van der Waals surface area contributed by atoms with Crippen LogP contribution in [0.1, 0.15) is 28.9 Å². The second-order valence-corrected chi connectivity index (χ2v) is 7.27. The number of carbonyl (C=O) groups excluding carboxylic acids is 1. The topological polar surface area (TPSA) is 59.0 Å². The van der Waals surface area contributed by atoms with E-state index in [-0.39, 0.29) is 11.9 Å². The lowest BCUT2D eigenvalue weighted by Crippen LogP contribution is -2.52. The summed E-state index contributed by atoms with van der Waals surface area (Å²) in [5, 5.41) is 11.7. The Morgan fingerprint density at radius 1 is 1.07 bits per heavy atom. The first kappa shape index (κ1) is 17.8. The average molecular weight is 381 g/mol. The Balaban J connectivity index is 1.24. The highest BCUT2D eigenvalue weighted by atomic mass is 35.5. The van der Waals surface area contributed by atoms with Crippen molar-refractivity contribution in [3.05, 3.63) is 83.1 Å². The Labute approximate surface area is 163 Å². The number of halogens is 1. The molecule has 3 aromatic rings. The largest absolute Gasteiger partial charge is 0.348 e. The lowest BCUT2D eigenvalue weighted by molar-refractivity contribution is 0.0896. The van der Waals surface area contributed by atoms with Crippen LogP contribution in [-0.2, 0) is 6.54 Å². The van der Waals surface area contributed by atoms with Gasteiger partial charge in [-0.2, -0.15) is 5.10 Å². The molecular formula is C21H21ClN4O. The summed E-state index contributed by atoms with van der Waals surface area (Å²) in [6, 6.07) is 20.0. The number of hydrogen-bond donors (Lipinski definition) is 2. The van der Waals surface area contributed by atoms with Crippen LogP contribution in [0.25, 0.3) is 5.69 Å². The van der Waals surface area contributed by atoms with Gasteiger partial charge < -0.3 is 10.6 Å². The van der Waals surface area contributed by atoms with Gasteiger partial charge in [-0.3, -0.25) is 4.79 Å². The van der Waals surface area contributed by atoms with Crippen molar-refractivity contribution in [2.45, 2.75) is 31.5 Å². The number of nitrogens with zero attached hydrogens (tertiary/aromatic N) is 2. The molecule has 1 aliphatic rings. The van der Waals surface area contributed by atoms with E-state index in [1.807, 2.05) is 48.5 Å². The van der Waals surface area contributed by atoms with Crippen LogP contribution in [0.2, 0.25) is 5.02 Å². The van der Waals surface area contributed by atoms with E-state index >= 15 is 0 Å². The zero-order valence-corrected chi connectivity index (χ0v) is 15.6. The quantitative estimate of drug-likeness (QED) is 0.687. The summed E-state index contributed by atoms with van der Waals surface area (Å²) in [5.41, 5.74) is 2.54. The molecule has 2 aromatic carbocycles. The molecule has 1 aliphatic carbocycles. The highest BCUT2D eigenvalue weighted by molar-refractivity contribution is 6.30. The zero-order chi connectivity index (χ0) is 18.6. The van der Waals surface area contributed by atoms with Gasteiger partial charge in [0.25, 0.3) is 5.91 Å². The van der Waals surface area contributed by atoms with Crippen molar-refractivity contribution >= 4 is 17.5 Å². The monoisotopic (exact) mass is 380 g/mol. The van der Waals surface area contributed by atoms with Gasteiger partial charge in [0.05, 0.1) is 5.69 Å². The molecule has 1 aromatic heterocycles. The van der Waals surface area contributed by atoms with Gasteiger partial charge in [-0.25, -0.2) is 4.68 Å². The van der Waals surface area contributed by atoms with Gasteiger partial charge in [0.1, 0.15) is 0 Å². The van der Waals surface area contributed by atoms with Gasteiger partial charge in [0.15, 0.2) is 5.69 Å². The second-order valence-electron chi connectivity index (χ2n) is 6.83. The highest BCUT2D eigenvalue weighted by Crippen LogP contribution is 2.21. The fraction of sp³-hybridized carbons (Fsp3) is 0.238. The molecule has 5 nitrogen and oxygen atoms in total. The molecular weight excluding hydrogens is 360 g/mol. The Morgan fingerprint density at radius 3 is 2.67 bits per heavy atom. The number of carbonyl (C=O) groups is 1. The maximum absolute atomic E-state index is 12.4. The molecule has 0 saturated heterocycles. The molecule has 1 saturated carbocycles. The number of amides is 1. The first-order valence-corrected chi connectivity index (χ1v) is 9.45. The molecule has 1 amide bonds. The van der Waals surface area contributed by atoms with E-state index in [1.165, 1.54) is 5.56 Å². The summed E-state index contributed by atoms with van der Waals surface area (Å²) in [7, 11) is 0. The standard InChI is InChI=1S/C21H21ClN4O/c22-16-6-4-5-15(11-16)14-23-17-12-18(13-17)24-21(27)20-9-10-26(25-20)19-7-2-1-3-8-19/h1-11,17-18,23H,12-14H2,(H,24,27). The first-order chi connectivity index (χ1) is 13.2. The molecule has 0 bridgehead atoms. The minimum Gasteiger partial charge on any atom is -0.348 e. The maximum atomic E-state index is 12.4.